The maximum Gasteiger partial charge on any atom is 0.510 e. The number of alkyl halides is 16. The van der Waals surface area contributed by atoms with Crippen LogP contribution in [0.15, 0.2) is 0 Å². The molecule has 420 valence electrons. The van der Waals surface area contributed by atoms with E-state index in [0.717, 1.165) is 7.11 Å². The van der Waals surface area contributed by atoms with E-state index in [0.29, 0.717) is 0 Å². The smallest absolute Gasteiger partial charge is 0.438 e. The molecule has 64 heavy (non-hydrogen) atoms. The first-order valence-electron chi connectivity index (χ1n) is 12.8. The van der Waals surface area contributed by atoms with E-state index < -0.39 is 105 Å². The fourth-order valence-corrected chi connectivity index (χ4v) is 0.326. The second-order valence-electron chi connectivity index (χ2n) is 7.01. The van der Waals surface area contributed by atoms with E-state index in [9.17, 15) is 97.9 Å². The Hall–Kier alpha value is -3.10. The molecule has 0 radical (unpaired) electrons. The molecule has 0 aromatic heterocycles. The van der Waals surface area contributed by atoms with Crippen molar-refractivity contribution >= 4 is 12.3 Å². The number of rotatable bonds is 10. The SMILES string of the molecule is C.C.C.C.C.C.C.C.CC(C)(CF)OF.CC(C)(CF)OF.COC(=O)OCCF.COC(=O)OCF.FCF.FCF.FCF.FCF.FCOF.FCOF.OCCF.OCF. The summed E-state index contributed by atoms with van der Waals surface area (Å²) < 4.78 is 220. The molecular formula is C32H80F20O12. The highest BCUT2D eigenvalue weighted by molar-refractivity contribution is 5.59. The van der Waals surface area contributed by atoms with Gasteiger partial charge in [-0.15, -0.1) is 0 Å². The molecule has 0 aromatic rings. The van der Waals surface area contributed by atoms with Crippen molar-refractivity contribution in [1.29, 1.82) is 0 Å². The van der Waals surface area contributed by atoms with Gasteiger partial charge >= 0.3 is 12.3 Å². The molecular weight excluding hydrogens is 956 g/mol. The number of hydrogen-bond donors (Lipinski definition) is 2. The normalized spacial score (nSPS) is 7.31. The summed E-state index contributed by atoms with van der Waals surface area (Å²) in [4.78, 5) is 30.9. The number of methoxy groups -OCH3 is 2. The molecule has 32 heteroatoms. The zero-order valence-electron chi connectivity index (χ0n) is 30.4. The summed E-state index contributed by atoms with van der Waals surface area (Å²) >= 11 is 0. The maximum absolute atomic E-state index is 11.4. The molecule has 0 amide bonds. The van der Waals surface area contributed by atoms with Gasteiger partial charge in [0, 0.05) is 0 Å². The number of carbonyl (C=O) groups is 2. The molecule has 12 nitrogen and oxygen atoms in total. The number of aliphatic hydroxyl groups excluding tert-OH is 2. The van der Waals surface area contributed by atoms with Gasteiger partial charge in [-0.05, 0) is 45.8 Å². The Morgan fingerprint density at radius 3 is 0.688 bits per heavy atom. The Morgan fingerprint density at radius 1 is 0.438 bits per heavy atom. The van der Waals surface area contributed by atoms with E-state index in [4.69, 9.17) is 10.2 Å². The molecule has 0 saturated heterocycles. The molecule has 0 atom stereocenters. The van der Waals surface area contributed by atoms with Gasteiger partial charge in [-0.2, -0.15) is 19.8 Å². The molecule has 0 heterocycles. The van der Waals surface area contributed by atoms with Gasteiger partial charge < -0.3 is 29.2 Å². The number of carbonyl (C=O) groups excluding carboxylic acids is 2. The van der Waals surface area contributed by atoms with Crippen LogP contribution in [-0.2, 0) is 38.7 Å². The molecule has 0 bridgehead atoms. The lowest BCUT2D eigenvalue weighted by Crippen LogP contribution is -2.22. The van der Waals surface area contributed by atoms with Gasteiger partial charge in [0.15, 0.2) is 6.86 Å². The largest absolute Gasteiger partial charge is 0.510 e. The van der Waals surface area contributed by atoms with E-state index in [1.54, 1.807) is 0 Å². The molecule has 0 aliphatic rings. The van der Waals surface area contributed by atoms with Crippen LogP contribution in [0.3, 0.4) is 0 Å². The third-order valence-electron chi connectivity index (χ3n) is 2.03. The summed E-state index contributed by atoms with van der Waals surface area (Å²) in [6.07, 6.45) is -1.84. The fraction of sp³-hybridized carbons (Fsp3) is 0.938. The van der Waals surface area contributed by atoms with Crippen LogP contribution in [0.25, 0.3) is 0 Å². The van der Waals surface area contributed by atoms with Gasteiger partial charge in [0.1, 0.15) is 44.5 Å². The van der Waals surface area contributed by atoms with Crippen molar-refractivity contribution in [2.24, 2.45) is 0 Å². The van der Waals surface area contributed by atoms with Crippen molar-refractivity contribution in [2.45, 2.75) is 98.3 Å². The van der Waals surface area contributed by atoms with Crippen LogP contribution in [0.4, 0.5) is 97.9 Å². The first-order valence-corrected chi connectivity index (χ1v) is 12.8. The number of halogens is 20. The molecule has 2 N–H and O–H groups in total. The number of aliphatic hydroxyl groups is 2. The second-order valence-corrected chi connectivity index (χ2v) is 7.01. The first kappa shape index (κ1) is 131. The van der Waals surface area contributed by atoms with Crippen molar-refractivity contribution in [1.82, 2.24) is 0 Å². The minimum absolute atomic E-state index is 0. The van der Waals surface area contributed by atoms with Crippen LogP contribution in [0.1, 0.15) is 87.1 Å². The number of ether oxygens (including phenoxy) is 4. The van der Waals surface area contributed by atoms with E-state index in [2.05, 4.69) is 38.7 Å². The lowest BCUT2D eigenvalue weighted by molar-refractivity contribution is -0.226. The molecule has 0 aliphatic heterocycles. The summed E-state index contributed by atoms with van der Waals surface area (Å²) in [6, 6.07) is 0. The van der Waals surface area contributed by atoms with Crippen LogP contribution in [0, 0.1) is 0 Å². The van der Waals surface area contributed by atoms with Gasteiger partial charge in [-0.3, -0.25) is 0 Å². The summed E-state index contributed by atoms with van der Waals surface area (Å²) in [5, 5.41) is 14.4. The highest BCUT2D eigenvalue weighted by atomic mass is 19.3. The summed E-state index contributed by atoms with van der Waals surface area (Å²) in [7, 11) is 2.28. The van der Waals surface area contributed by atoms with E-state index in [1.807, 2.05) is 0 Å². The number of hydrogen-bond acceptors (Lipinski definition) is 12. The summed E-state index contributed by atoms with van der Waals surface area (Å²) in [5.74, 6) is 0. The third-order valence-corrected chi connectivity index (χ3v) is 2.03. The predicted molar refractivity (Wildman–Crippen MR) is 208 cm³/mol. The Morgan fingerprint density at radius 2 is 0.625 bits per heavy atom. The highest BCUT2D eigenvalue weighted by Crippen LogP contribution is 2.09. The molecule has 0 rings (SSSR count). The topological polar surface area (TPSA) is 148 Å². The third kappa shape index (κ3) is 377. The summed E-state index contributed by atoms with van der Waals surface area (Å²) in [6.45, 7) is -10.2. The lowest BCUT2D eigenvalue weighted by Gasteiger charge is -2.11. The average molecular weight is 1040 g/mol. The van der Waals surface area contributed by atoms with Crippen molar-refractivity contribution in [3.05, 3.63) is 0 Å². The van der Waals surface area contributed by atoms with Crippen LogP contribution in [0.5, 0.6) is 0 Å². The van der Waals surface area contributed by atoms with E-state index in [-0.39, 0.29) is 72.6 Å². The minimum atomic E-state index is -1.75. The van der Waals surface area contributed by atoms with Crippen molar-refractivity contribution in [3.8, 4) is 0 Å². The highest BCUT2D eigenvalue weighted by Gasteiger charge is 2.18. The van der Waals surface area contributed by atoms with Crippen molar-refractivity contribution in [3.63, 3.8) is 0 Å². The Bertz CT molecular complexity index is 532. The van der Waals surface area contributed by atoms with Crippen LogP contribution in [-0.4, -0.2) is 143 Å². The standard InChI is InChI=1S/2C4H8F2O.C4H7FO3.C3H5FO3.C2H5FO.2CH2F2O.4CH2F2.CH3FO.8CH4/c2*1-4(2,3-5)7-6;1-7-4(6)8-3-2-5;1-6-3(5)7-2-4;3-1-2-4;2*2-1-4-3;5*2-1-3;;;;;;;;/h2*3H2,1-2H3;2-3H2,1H3;2H2,1H3;4H,1-2H2;2*1H2;4*1H2;3H,1H2;8*1H4. The zero-order chi connectivity index (χ0) is 47.7. The molecule has 0 aliphatic carbocycles. The minimum Gasteiger partial charge on any atom is -0.438 e. The predicted octanol–water partition coefficient (Wildman–Crippen LogP) is 14.8. The van der Waals surface area contributed by atoms with Gasteiger partial charge in [-0.1, -0.05) is 59.4 Å². The van der Waals surface area contributed by atoms with Gasteiger partial charge in [0.05, 0.1) is 20.8 Å². The maximum atomic E-state index is 11.4. The molecule has 0 saturated carbocycles. The van der Waals surface area contributed by atoms with Crippen molar-refractivity contribution in [2.75, 3.05) is 109 Å². The van der Waals surface area contributed by atoms with Gasteiger partial charge in [0.25, 0.3) is 0 Å². The second kappa shape index (κ2) is 153. The lowest BCUT2D eigenvalue weighted by atomic mass is 10.2. The monoisotopic (exact) mass is 1040 g/mol. The summed E-state index contributed by atoms with van der Waals surface area (Å²) in [5.41, 5.74) is -2.50. The van der Waals surface area contributed by atoms with Crippen molar-refractivity contribution < 1.29 is 147 Å². The van der Waals surface area contributed by atoms with Crippen LogP contribution < -0.4 is 0 Å². The zero-order valence-corrected chi connectivity index (χ0v) is 30.4. The molecule has 0 spiro atoms. The fourth-order valence-electron chi connectivity index (χ4n) is 0.326. The Labute approximate surface area is 367 Å². The first-order chi connectivity index (χ1) is 26.2. The van der Waals surface area contributed by atoms with Gasteiger partial charge in [0.2, 0.25) is 48.3 Å². The van der Waals surface area contributed by atoms with Crippen LogP contribution in [0.2, 0.25) is 0 Å². The van der Waals surface area contributed by atoms with Crippen LogP contribution >= 0.6 is 0 Å². The van der Waals surface area contributed by atoms with E-state index >= 15 is 0 Å². The molecule has 0 unspecified atom stereocenters. The average Bonchev–Trinajstić information content (AvgIpc) is 3.19. The quantitative estimate of drug-likeness (QED) is 0.158. The Kier molecular flexibility index (Phi) is 311. The molecule has 0 aromatic carbocycles. The molecule has 0 fully saturated rings. The Balaban J connectivity index is -0.0000000184. The van der Waals surface area contributed by atoms with Gasteiger partial charge in [-0.25, -0.2) is 79.8 Å². The van der Waals surface area contributed by atoms with E-state index in [1.165, 1.54) is 34.8 Å².